The molecule has 0 aliphatic carbocycles. The molecule has 0 amide bonds. The number of hydrogen-bond donors (Lipinski definition) is 2. The first-order valence-corrected chi connectivity index (χ1v) is 8.38. The van der Waals surface area contributed by atoms with Crippen LogP contribution >= 0.6 is 0 Å². The molecule has 0 bridgehead atoms. The summed E-state index contributed by atoms with van der Waals surface area (Å²) >= 11 is 0. The number of unbranched alkanes of at least 4 members (excludes halogenated alkanes) is 4. The van der Waals surface area contributed by atoms with E-state index in [1.807, 2.05) is 18.2 Å². The lowest BCUT2D eigenvalue weighted by molar-refractivity contribution is 0.0891. The topological polar surface area (TPSA) is 49.7 Å². The summed E-state index contributed by atoms with van der Waals surface area (Å²) in [5.74, 6) is 0. The van der Waals surface area contributed by atoms with Crippen molar-refractivity contribution in [1.29, 1.82) is 0 Å². The van der Waals surface area contributed by atoms with Gasteiger partial charge in [0.25, 0.3) is 0 Å². The van der Waals surface area contributed by atoms with Gasteiger partial charge in [0.1, 0.15) is 0 Å². The fourth-order valence-electron chi connectivity index (χ4n) is 2.20. The Balaban J connectivity index is 1.83. The maximum absolute atomic E-state index is 9.18. The molecule has 0 radical (unpaired) electrons. The quantitative estimate of drug-likeness (QED) is 0.430. The normalized spacial score (nSPS) is 12.8. The number of aliphatic hydroxyl groups is 2. The minimum absolute atomic E-state index is 0.139. The van der Waals surface area contributed by atoms with Crippen LogP contribution < -0.4 is 0 Å². The Morgan fingerprint density at radius 1 is 0.955 bits per heavy atom. The molecule has 0 aromatic heterocycles. The highest BCUT2D eigenvalue weighted by atomic mass is 16.5. The van der Waals surface area contributed by atoms with Crippen molar-refractivity contribution in [2.24, 2.45) is 0 Å². The summed E-state index contributed by atoms with van der Waals surface area (Å²) in [6.07, 6.45) is 11.1. The predicted octanol–water partition coefficient (Wildman–Crippen LogP) is 3.84. The van der Waals surface area contributed by atoms with Gasteiger partial charge in [0.15, 0.2) is 0 Å². The lowest BCUT2D eigenvalue weighted by atomic mass is 10.1. The average molecular weight is 306 g/mol. The summed E-state index contributed by atoms with van der Waals surface area (Å²) in [4.78, 5) is 0. The van der Waals surface area contributed by atoms with Gasteiger partial charge in [-0.05, 0) is 37.7 Å². The molecule has 0 unspecified atom stereocenters. The van der Waals surface area contributed by atoms with Crippen LogP contribution in [-0.4, -0.2) is 29.5 Å². The molecule has 1 atom stereocenters. The number of hydrogen-bond acceptors (Lipinski definition) is 3. The fourth-order valence-corrected chi connectivity index (χ4v) is 2.20. The smallest absolute Gasteiger partial charge is 0.0773 e. The van der Waals surface area contributed by atoms with Crippen LogP contribution in [0.1, 0.15) is 50.5 Å². The summed E-state index contributed by atoms with van der Waals surface area (Å²) in [7, 11) is 0. The van der Waals surface area contributed by atoms with Gasteiger partial charge in [-0.1, -0.05) is 55.3 Å². The number of allylic oxidation sites excluding steroid dienone is 2. The summed E-state index contributed by atoms with van der Waals surface area (Å²) in [6, 6.07) is 10.3. The monoisotopic (exact) mass is 306 g/mol. The number of ether oxygens (including phenoxy) is 1. The van der Waals surface area contributed by atoms with E-state index in [4.69, 9.17) is 9.84 Å². The Kier molecular flexibility index (Phi) is 11.6. The fraction of sp³-hybridized carbons (Fsp3) is 0.579. The average Bonchev–Trinajstić information content (AvgIpc) is 2.56. The zero-order valence-corrected chi connectivity index (χ0v) is 13.5. The Bertz CT molecular complexity index is 376. The predicted molar refractivity (Wildman–Crippen MR) is 90.6 cm³/mol. The second-order valence-electron chi connectivity index (χ2n) is 5.63. The van der Waals surface area contributed by atoms with Gasteiger partial charge in [0.05, 0.1) is 19.3 Å². The zero-order chi connectivity index (χ0) is 15.9. The van der Waals surface area contributed by atoms with Gasteiger partial charge in [0, 0.05) is 6.61 Å². The molecule has 0 aliphatic heterocycles. The van der Waals surface area contributed by atoms with Crippen molar-refractivity contribution in [3.8, 4) is 0 Å². The van der Waals surface area contributed by atoms with Crippen molar-refractivity contribution in [2.75, 3.05) is 13.2 Å². The molecule has 3 heteroatoms. The van der Waals surface area contributed by atoms with Gasteiger partial charge in [-0.3, -0.25) is 0 Å². The van der Waals surface area contributed by atoms with E-state index in [1.165, 1.54) is 24.8 Å². The van der Waals surface area contributed by atoms with Crippen molar-refractivity contribution in [3.05, 3.63) is 48.0 Å². The Labute approximate surface area is 134 Å². The first-order chi connectivity index (χ1) is 10.8. The molecule has 0 saturated heterocycles. The molecule has 124 valence electrons. The van der Waals surface area contributed by atoms with Crippen LogP contribution in [-0.2, 0) is 11.3 Å². The third-order valence-electron chi connectivity index (χ3n) is 3.56. The van der Waals surface area contributed by atoms with E-state index in [0.29, 0.717) is 13.0 Å². The van der Waals surface area contributed by atoms with E-state index < -0.39 is 6.10 Å². The van der Waals surface area contributed by atoms with E-state index in [9.17, 15) is 5.11 Å². The number of aliphatic hydroxyl groups excluding tert-OH is 2. The highest BCUT2D eigenvalue weighted by Gasteiger charge is 1.98. The molecule has 0 aliphatic rings. The highest BCUT2D eigenvalue weighted by Crippen LogP contribution is 2.06. The lowest BCUT2D eigenvalue weighted by Gasteiger charge is -2.04. The van der Waals surface area contributed by atoms with E-state index in [0.717, 1.165) is 25.9 Å². The largest absolute Gasteiger partial charge is 0.394 e. The van der Waals surface area contributed by atoms with Crippen LogP contribution in [0.15, 0.2) is 42.5 Å². The summed E-state index contributed by atoms with van der Waals surface area (Å²) in [5.41, 5.74) is 1.24. The van der Waals surface area contributed by atoms with Crippen molar-refractivity contribution in [1.82, 2.24) is 0 Å². The Morgan fingerprint density at radius 3 is 2.45 bits per heavy atom. The van der Waals surface area contributed by atoms with Crippen LogP contribution in [0.5, 0.6) is 0 Å². The van der Waals surface area contributed by atoms with Crippen molar-refractivity contribution >= 4 is 0 Å². The first-order valence-electron chi connectivity index (χ1n) is 8.38. The molecule has 1 rings (SSSR count). The van der Waals surface area contributed by atoms with Gasteiger partial charge in [0.2, 0.25) is 0 Å². The van der Waals surface area contributed by atoms with Gasteiger partial charge >= 0.3 is 0 Å². The van der Waals surface area contributed by atoms with Crippen LogP contribution in [0.3, 0.4) is 0 Å². The van der Waals surface area contributed by atoms with E-state index in [-0.39, 0.29) is 6.61 Å². The standard InChI is InChI=1S/C19H30O3/c20-16-19(21)14-10-5-3-1-2-4-6-11-15-22-17-18-12-8-7-9-13-18/h3,5,7-9,12-13,19-21H,1-2,4,6,10-11,14-17H2/b5-3+/t19-/m0/s1. The molecule has 22 heavy (non-hydrogen) atoms. The summed E-state index contributed by atoms with van der Waals surface area (Å²) in [6.45, 7) is 1.41. The second-order valence-corrected chi connectivity index (χ2v) is 5.63. The van der Waals surface area contributed by atoms with Gasteiger partial charge < -0.3 is 14.9 Å². The third-order valence-corrected chi connectivity index (χ3v) is 3.56. The summed E-state index contributed by atoms with van der Waals surface area (Å²) in [5, 5.41) is 17.9. The van der Waals surface area contributed by atoms with E-state index >= 15 is 0 Å². The molecule has 0 heterocycles. The molecular weight excluding hydrogens is 276 g/mol. The highest BCUT2D eigenvalue weighted by molar-refractivity contribution is 5.13. The Hall–Kier alpha value is -1.16. The van der Waals surface area contributed by atoms with E-state index in [1.54, 1.807) is 0 Å². The van der Waals surface area contributed by atoms with Crippen LogP contribution in [0.4, 0.5) is 0 Å². The summed E-state index contributed by atoms with van der Waals surface area (Å²) < 4.78 is 5.65. The van der Waals surface area contributed by atoms with Crippen molar-refractivity contribution in [3.63, 3.8) is 0 Å². The molecule has 1 aromatic carbocycles. The van der Waals surface area contributed by atoms with Crippen molar-refractivity contribution < 1.29 is 14.9 Å². The van der Waals surface area contributed by atoms with Gasteiger partial charge in [-0.2, -0.15) is 0 Å². The van der Waals surface area contributed by atoms with Crippen LogP contribution in [0, 0.1) is 0 Å². The minimum atomic E-state index is -0.569. The van der Waals surface area contributed by atoms with Crippen LogP contribution in [0.25, 0.3) is 0 Å². The third kappa shape index (κ3) is 10.6. The molecular formula is C19H30O3. The second kappa shape index (κ2) is 13.5. The van der Waals surface area contributed by atoms with Gasteiger partial charge in [-0.15, -0.1) is 0 Å². The Morgan fingerprint density at radius 2 is 1.68 bits per heavy atom. The SMILES string of the molecule is OC[C@@H](O)CC/C=C/CCCCCCOCc1ccccc1. The van der Waals surface area contributed by atoms with Crippen molar-refractivity contribution in [2.45, 2.75) is 57.7 Å². The first kappa shape index (κ1) is 18.9. The van der Waals surface area contributed by atoms with E-state index in [2.05, 4.69) is 24.3 Å². The van der Waals surface area contributed by atoms with Crippen LogP contribution in [0.2, 0.25) is 0 Å². The maximum atomic E-state index is 9.18. The molecule has 0 spiro atoms. The molecule has 3 nitrogen and oxygen atoms in total. The molecule has 0 saturated carbocycles. The molecule has 0 fully saturated rings. The number of benzene rings is 1. The lowest BCUT2D eigenvalue weighted by Crippen LogP contribution is -2.10. The molecule has 1 aromatic rings. The zero-order valence-electron chi connectivity index (χ0n) is 13.5. The maximum Gasteiger partial charge on any atom is 0.0773 e. The van der Waals surface area contributed by atoms with Gasteiger partial charge in [-0.25, -0.2) is 0 Å². The number of rotatable bonds is 13. The molecule has 2 N–H and O–H groups in total. The minimum Gasteiger partial charge on any atom is -0.394 e.